The van der Waals surface area contributed by atoms with E-state index in [0.29, 0.717) is 35.8 Å². The lowest BCUT2D eigenvalue weighted by atomic mass is 10.0. The number of amides is 2. The van der Waals surface area contributed by atoms with Crippen molar-refractivity contribution in [2.24, 2.45) is 0 Å². The molecule has 0 unspecified atom stereocenters. The fraction of sp³-hybridized carbons (Fsp3) is 0.241. The summed E-state index contributed by atoms with van der Waals surface area (Å²) in [5.74, 6) is 2.07. The van der Waals surface area contributed by atoms with E-state index in [0.717, 1.165) is 29.2 Å². The summed E-state index contributed by atoms with van der Waals surface area (Å²) in [6.45, 7) is 3.32. The molecule has 4 aromatic rings. The van der Waals surface area contributed by atoms with Gasteiger partial charge in [-0.2, -0.15) is 5.10 Å². The van der Waals surface area contributed by atoms with Gasteiger partial charge in [0.05, 0.1) is 17.9 Å². The molecular formula is C29H29N5O3S. The molecule has 1 saturated heterocycles. The molecule has 3 heterocycles. The number of rotatable bonds is 8. The van der Waals surface area contributed by atoms with Gasteiger partial charge >= 0.3 is 0 Å². The number of hydrogen-bond donors (Lipinski definition) is 1. The van der Waals surface area contributed by atoms with Gasteiger partial charge in [-0.05, 0) is 67.1 Å². The van der Waals surface area contributed by atoms with Crippen molar-refractivity contribution >= 4 is 29.3 Å². The van der Waals surface area contributed by atoms with Crippen molar-refractivity contribution < 1.29 is 14.3 Å². The van der Waals surface area contributed by atoms with E-state index in [-0.39, 0.29) is 17.9 Å². The number of carbonyl (C=O) groups is 2. The highest BCUT2D eigenvalue weighted by Gasteiger charge is 2.25. The first-order valence-corrected chi connectivity index (χ1v) is 13.6. The number of nitrogens with zero attached hydrogens (tertiary/aromatic N) is 4. The Balaban J connectivity index is 1.14. The molecule has 2 aromatic carbocycles. The van der Waals surface area contributed by atoms with Gasteiger partial charge in [0.25, 0.3) is 11.8 Å². The molecule has 0 radical (unpaired) electrons. The average Bonchev–Trinajstić information content (AvgIpc) is 3.42. The van der Waals surface area contributed by atoms with Crippen LogP contribution in [0, 0.1) is 0 Å². The lowest BCUT2D eigenvalue weighted by Crippen LogP contribution is -2.39. The van der Waals surface area contributed by atoms with Gasteiger partial charge in [0.15, 0.2) is 0 Å². The largest absolute Gasteiger partial charge is 0.457 e. The first-order valence-electron chi connectivity index (χ1n) is 12.7. The first-order chi connectivity index (χ1) is 18.6. The Bertz CT molecular complexity index is 1380. The summed E-state index contributed by atoms with van der Waals surface area (Å²) in [6.07, 6.45) is 6.70. The molecule has 8 nitrogen and oxygen atoms in total. The number of likely N-dealkylation sites (tertiary alicyclic amines) is 1. The summed E-state index contributed by atoms with van der Waals surface area (Å²) >= 11 is 1.59. The van der Waals surface area contributed by atoms with E-state index < -0.39 is 0 Å². The highest BCUT2D eigenvalue weighted by atomic mass is 32.2. The van der Waals surface area contributed by atoms with Gasteiger partial charge in [-0.25, -0.2) is 4.98 Å². The third-order valence-electron chi connectivity index (χ3n) is 6.35. The topological polar surface area (TPSA) is 89.4 Å². The summed E-state index contributed by atoms with van der Waals surface area (Å²) in [5, 5.41) is 7.39. The van der Waals surface area contributed by atoms with Crippen LogP contribution in [0.4, 0.5) is 5.69 Å². The Labute approximate surface area is 226 Å². The third kappa shape index (κ3) is 6.06. The Morgan fingerprint density at radius 2 is 1.74 bits per heavy atom. The number of anilines is 1. The van der Waals surface area contributed by atoms with E-state index in [1.807, 2.05) is 77.3 Å². The van der Waals surface area contributed by atoms with E-state index in [2.05, 4.69) is 15.4 Å². The number of pyridine rings is 1. The van der Waals surface area contributed by atoms with Crippen LogP contribution < -0.4 is 10.1 Å². The van der Waals surface area contributed by atoms with Gasteiger partial charge in [-0.3, -0.25) is 14.3 Å². The highest BCUT2D eigenvalue weighted by molar-refractivity contribution is 7.99. The number of thioether (sulfide) groups is 1. The molecule has 2 aromatic heterocycles. The molecule has 38 heavy (non-hydrogen) atoms. The smallest absolute Gasteiger partial charge is 0.275 e. The van der Waals surface area contributed by atoms with Crippen molar-refractivity contribution in [2.75, 3.05) is 24.2 Å². The summed E-state index contributed by atoms with van der Waals surface area (Å²) in [4.78, 5) is 32.8. The number of hydrogen-bond acceptors (Lipinski definition) is 6. The van der Waals surface area contributed by atoms with Crippen molar-refractivity contribution in [2.45, 2.75) is 30.7 Å². The van der Waals surface area contributed by atoms with Crippen LogP contribution in [-0.4, -0.2) is 50.3 Å². The minimum Gasteiger partial charge on any atom is -0.457 e. The van der Waals surface area contributed by atoms with Crippen molar-refractivity contribution in [3.63, 3.8) is 0 Å². The van der Waals surface area contributed by atoms with Gasteiger partial charge < -0.3 is 15.0 Å². The number of para-hydroxylation sites is 1. The summed E-state index contributed by atoms with van der Waals surface area (Å²) < 4.78 is 7.71. The molecule has 0 aliphatic carbocycles. The van der Waals surface area contributed by atoms with Gasteiger partial charge in [0.2, 0.25) is 0 Å². The zero-order chi connectivity index (χ0) is 26.3. The molecule has 2 amide bonds. The molecule has 0 atom stereocenters. The van der Waals surface area contributed by atoms with E-state index >= 15 is 0 Å². The lowest BCUT2D eigenvalue weighted by Gasteiger charge is -2.32. The normalized spacial score (nSPS) is 13.8. The van der Waals surface area contributed by atoms with Crippen molar-refractivity contribution in [3.05, 3.63) is 96.6 Å². The van der Waals surface area contributed by atoms with Crippen molar-refractivity contribution in [3.8, 4) is 11.5 Å². The zero-order valence-corrected chi connectivity index (χ0v) is 21.9. The Morgan fingerprint density at radius 1 is 1.00 bits per heavy atom. The maximum atomic E-state index is 13.1. The molecule has 0 saturated carbocycles. The number of nitrogens with one attached hydrogen (secondary N) is 1. The van der Waals surface area contributed by atoms with Crippen LogP contribution in [0.2, 0.25) is 0 Å². The van der Waals surface area contributed by atoms with Gasteiger partial charge in [0, 0.05) is 35.9 Å². The molecule has 194 valence electrons. The average molecular weight is 528 g/mol. The van der Waals surface area contributed by atoms with Gasteiger partial charge in [-0.15, -0.1) is 11.8 Å². The molecule has 0 bridgehead atoms. The number of benzene rings is 2. The minimum absolute atomic E-state index is 0.0132. The second-order valence-electron chi connectivity index (χ2n) is 8.91. The summed E-state index contributed by atoms with van der Waals surface area (Å²) in [6, 6.07) is 20.7. The maximum absolute atomic E-state index is 13.1. The predicted octanol–water partition coefficient (Wildman–Crippen LogP) is 5.91. The SMILES string of the molecule is CCSc1cccnc1C(=O)Nc1cnn(C2CCN(C(=O)c3ccc(Oc4ccccc4)cc3)CC2)c1. The Morgan fingerprint density at radius 3 is 2.47 bits per heavy atom. The second kappa shape index (κ2) is 12.0. The highest BCUT2D eigenvalue weighted by Crippen LogP contribution is 2.26. The molecule has 1 fully saturated rings. The van der Waals surface area contributed by atoms with E-state index in [9.17, 15) is 9.59 Å². The summed E-state index contributed by atoms with van der Waals surface area (Å²) in [5.41, 5.74) is 1.69. The standard InChI is InChI=1S/C29H29N5O3S/c1-2-38-26-9-6-16-30-27(26)28(35)32-22-19-31-34(20-22)23-14-17-33(18-15-23)29(36)21-10-12-25(13-11-21)37-24-7-4-3-5-8-24/h3-13,16,19-20,23H,2,14-15,17-18H2,1H3,(H,32,35). The van der Waals surface area contributed by atoms with E-state index in [1.165, 1.54) is 0 Å². The van der Waals surface area contributed by atoms with Gasteiger partial charge in [0.1, 0.15) is 17.2 Å². The summed E-state index contributed by atoms with van der Waals surface area (Å²) in [7, 11) is 0. The fourth-order valence-corrected chi connectivity index (χ4v) is 5.20. The maximum Gasteiger partial charge on any atom is 0.275 e. The molecule has 5 rings (SSSR count). The Hall–Kier alpha value is -4.11. The lowest BCUT2D eigenvalue weighted by molar-refractivity contribution is 0.0689. The first kappa shape index (κ1) is 25.5. The van der Waals surface area contributed by atoms with Crippen LogP contribution in [0.5, 0.6) is 11.5 Å². The second-order valence-corrected chi connectivity index (χ2v) is 10.2. The molecule has 1 aliphatic rings. The molecule has 1 N–H and O–H groups in total. The fourth-order valence-electron chi connectivity index (χ4n) is 4.43. The monoisotopic (exact) mass is 527 g/mol. The molecule has 0 spiro atoms. The zero-order valence-electron chi connectivity index (χ0n) is 21.1. The van der Waals surface area contributed by atoms with Crippen LogP contribution in [0.1, 0.15) is 46.7 Å². The Kier molecular flexibility index (Phi) is 8.04. The van der Waals surface area contributed by atoms with Crippen LogP contribution in [0.3, 0.4) is 0 Å². The van der Waals surface area contributed by atoms with E-state index in [4.69, 9.17) is 4.74 Å². The van der Waals surface area contributed by atoms with Crippen molar-refractivity contribution in [1.82, 2.24) is 19.7 Å². The van der Waals surface area contributed by atoms with E-state index in [1.54, 1.807) is 36.3 Å². The number of ether oxygens (including phenoxy) is 1. The number of aromatic nitrogens is 3. The quantitative estimate of drug-likeness (QED) is 0.287. The molecule has 1 aliphatic heterocycles. The van der Waals surface area contributed by atoms with Crippen molar-refractivity contribution in [1.29, 1.82) is 0 Å². The molecular weight excluding hydrogens is 498 g/mol. The third-order valence-corrected chi connectivity index (χ3v) is 7.28. The number of piperidine rings is 1. The molecule has 9 heteroatoms. The van der Waals surface area contributed by atoms with Crippen LogP contribution in [0.25, 0.3) is 0 Å². The predicted molar refractivity (Wildman–Crippen MR) is 148 cm³/mol. The van der Waals surface area contributed by atoms with Gasteiger partial charge in [-0.1, -0.05) is 25.1 Å². The minimum atomic E-state index is -0.248. The van der Waals surface area contributed by atoms with Crippen LogP contribution in [0.15, 0.2) is 90.2 Å². The number of carbonyl (C=O) groups excluding carboxylic acids is 2. The van der Waals surface area contributed by atoms with Crippen LogP contribution in [-0.2, 0) is 0 Å². The van der Waals surface area contributed by atoms with Crippen LogP contribution >= 0.6 is 11.8 Å².